The van der Waals surface area contributed by atoms with Gasteiger partial charge in [-0.25, -0.2) is 0 Å². The largest absolute Gasteiger partial charge is 0.647 e. The molecule has 1 aliphatic carbocycles. The van der Waals surface area contributed by atoms with Gasteiger partial charge in [-0.2, -0.15) is 4.57 Å². The van der Waals surface area contributed by atoms with Gasteiger partial charge in [0, 0.05) is 0 Å². The van der Waals surface area contributed by atoms with E-state index in [0.717, 1.165) is 0 Å². The fourth-order valence-corrected chi connectivity index (χ4v) is 5.45. The molecule has 31 heavy (non-hydrogen) atoms. The highest BCUT2D eigenvalue weighted by Crippen LogP contribution is 2.52. The summed E-state index contributed by atoms with van der Waals surface area (Å²) in [5.41, 5.74) is 1.26. The summed E-state index contributed by atoms with van der Waals surface area (Å²) in [5, 5.41) is 0.587. The van der Waals surface area contributed by atoms with Crippen molar-refractivity contribution < 1.29 is 18.1 Å². The van der Waals surface area contributed by atoms with Gasteiger partial charge in [0.05, 0.1) is 10.0 Å². The van der Waals surface area contributed by atoms with Gasteiger partial charge < -0.3 is 13.6 Å². The van der Waals surface area contributed by atoms with Crippen LogP contribution in [0.15, 0.2) is 72.8 Å². The van der Waals surface area contributed by atoms with Crippen LogP contribution in [-0.2, 0) is 4.57 Å². The summed E-state index contributed by atoms with van der Waals surface area (Å²) >= 11 is 12.4. The zero-order valence-electron chi connectivity index (χ0n) is 16.9. The SMILES string of the molecule is O=P(Oc1ccc(C2CCCCC2)cc1)(Oc1ccccc1Cl)Oc1ccccc1Cl. The molecule has 0 bridgehead atoms. The maximum absolute atomic E-state index is 13.6. The summed E-state index contributed by atoms with van der Waals surface area (Å²) in [5.74, 6) is 1.33. The number of halogens is 2. The molecule has 162 valence electrons. The Hall–Kier alpha value is -2.13. The number of phosphoric acid groups is 1. The molecule has 0 N–H and O–H groups in total. The molecule has 1 aliphatic rings. The van der Waals surface area contributed by atoms with Gasteiger partial charge in [-0.05, 0) is 60.7 Å². The van der Waals surface area contributed by atoms with Crippen LogP contribution in [0.4, 0.5) is 0 Å². The van der Waals surface area contributed by atoms with Gasteiger partial charge in [0.2, 0.25) is 0 Å². The summed E-state index contributed by atoms with van der Waals surface area (Å²) < 4.78 is 30.7. The van der Waals surface area contributed by atoms with Crippen molar-refractivity contribution in [1.82, 2.24) is 0 Å². The minimum atomic E-state index is -4.16. The van der Waals surface area contributed by atoms with Crippen molar-refractivity contribution in [2.45, 2.75) is 38.0 Å². The molecule has 0 heterocycles. The first-order valence-electron chi connectivity index (χ1n) is 10.3. The quantitative estimate of drug-likeness (QED) is 0.320. The lowest BCUT2D eigenvalue weighted by Crippen LogP contribution is -2.08. The van der Waals surface area contributed by atoms with Crippen LogP contribution < -0.4 is 13.6 Å². The normalized spacial score (nSPS) is 14.8. The molecule has 0 radical (unpaired) electrons. The number of para-hydroxylation sites is 2. The minimum Gasteiger partial charge on any atom is -0.386 e. The minimum absolute atomic E-state index is 0.193. The maximum atomic E-state index is 13.6. The van der Waals surface area contributed by atoms with E-state index in [1.165, 1.54) is 37.7 Å². The second-order valence-electron chi connectivity index (χ2n) is 7.49. The molecule has 3 aromatic carbocycles. The highest BCUT2D eigenvalue weighted by Gasteiger charge is 2.34. The van der Waals surface area contributed by atoms with Crippen LogP contribution in [0.2, 0.25) is 10.0 Å². The van der Waals surface area contributed by atoms with Gasteiger partial charge in [0.25, 0.3) is 0 Å². The Labute approximate surface area is 192 Å². The van der Waals surface area contributed by atoms with Gasteiger partial charge >= 0.3 is 7.82 Å². The smallest absolute Gasteiger partial charge is 0.386 e. The van der Waals surface area contributed by atoms with Crippen molar-refractivity contribution >= 4 is 31.0 Å². The van der Waals surface area contributed by atoms with Crippen molar-refractivity contribution in [2.24, 2.45) is 0 Å². The molecule has 0 spiro atoms. The lowest BCUT2D eigenvalue weighted by atomic mass is 9.84. The molecule has 4 rings (SSSR count). The first-order valence-corrected chi connectivity index (χ1v) is 12.5. The molecule has 3 aromatic rings. The lowest BCUT2D eigenvalue weighted by molar-refractivity contribution is 0.298. The topological polar surface area (TPSA) is 44.8 Å². The zero-order valence-corrected chi connectivity index (χ0v) is 19.3. The van der Waals surface area contributed by atoms with E-state index in [1.807, 2.05) is 12.1 Å². The van der Waals surface area contributed by atoms with Crippen LogP contribution in [0, 0.1) is 0 Å². The van der Waals surface area contributed by atoms with E-state index in [9.17, 15) is 4.57 Å². The number of rotatable bonds is 7. The first kappa shape index (κ1) is 22.1. The van der Waals surface area contributed by atoms with Crippen molar-refractivity contribution in [2.75, 3.05) is 0 Å². The molecule has 0 atom stereocenters. The summed E-state index contributed by atoms with van der Waals surface area (Å²) in [7, 11) is -4.16. The first-order chi connectivity index (χ1) is 15.0. The second kappa shape index (κ2) is 9.99. The second-order valence-corrected chi connectivity index (χ2v) is 9.74. The molecular formula is C24H23Cl2O4P. The molecule has 0 unspecified atom stereocenters. The Morgan fingerprint density at radius 2 is 1.19 bits per heavy atom. The van der Waals surface area contributed by atoms with Crippen LogP contribution in [0.25, 0.3) is 0 Å². The predicted molar refractivity (Wildman–Crippen MR) is 125 cm³/mol. The van der Waals surface area contributed by atoms with E-state index >= 15 is 0 Å². The van der Waals surface area contributed by atoms with E-state index in [0.29, 0.717) is 21.7 Å². The Balaban J connectivity index is 1.58. The van der Waals surface area contributed by atoms with Crippen molar-refractivity contribution in [3.63, 3.8) is 0 Å². The zero-order chi connectivity index (χ0) is 21.7. The molecule has 1 saturated carbocycles. The fraction of sp³-hybridized carbons (Fsp3) is 0.250. The third-order valence-electron chi connectivity index (χ3n) is 5.27. The third-order valence-corrected chi connectivity index (χ3v) is 7.17. The average Bonchev–Trinajstić information content (AvgIpc) is 2.78. The molecule has 1 fully saturated rings. The number of benzene rings is 3. The van der Waals surface area contributed by atoms with Gasteiger partial charge in [0.1, 0.15) is 5.75 Å². The number of hydrogen-bond donors (Lipinski definition) is 0. The van der Waals surface area contributed by atoms with Gasteiger partial charge in [0.15, 0.2) is 11.5 Å². The summed E-state index contributed by atoms with van der Waals surface area (Å²) in [6, 6.07) is 21.0. The Kier molecular flexibility index (Phi) is 7.12. The maximum Gasteiger partial charge on any atom is 0.647 e. The average molecular weight is 477 g/mol. The molecule has 0 amide bonds. The molecule has 0 saturated heterocycles. The van der Waals surface area contributed by atoms with Gasteiger partial charge in [-0.3, -0.25) is 0 Å². The predicted octanol–water partition coefficient (Wildman–Crippen LogP) is 8.69. The van der Waals surface area contributed by atoms with Gasteiger partial charge in [-0.1, -0.05) is 78.9 Å². The standard InChI is InChI=1S/C24H23Cl2O4P/c25-21-10-4-6-12-23(21)29-31(27,30-24-13-7-5-11-22(24)26)28-20-16-14-19(15-17-20)18-8-2-1-3-9-18/h4-7,10-18H,1-3,8-9H2. The van der Waals surface area contributed by atoms with Crippen LogP contribution in [0.5, 0.6) is 17.2 Å². The Bertz CT molecular complexity index is 1010. The number of hydrogen-bond acceptors (Lipinski definition) is 4. The van der Waals surface area contributed by atoms with Crippen molar-refractivity contribution in [3.8, 4) is 17.2 Å². The van der Waals surface area contributed by atoms with Crippen LogP contribution in [0.3, 0.4) is 0 Å². The molecule has 0 aliphatic heterocycles. The molecule has 0 aromatic heterocycles. The van der Waals surface area contributed by atoms with E-state index < -0.39 is 7.82 Å². The van der Waals surface area contributed by atoms with Gasteiger partial charge in [-0.15, -0.1) is 0 Å². The van der Waals surface area contributed by atoms with Crippen LogP contribution in [0.1, 0.15) is 43.6 Å². The summed E-state index contributed by atoms with van der Waals surface area (Å²) in [4.78, 5) is 0. The lowest BCUT2D eigenvalue weighted by Gasteiger charge is -2.23. The van der Waals surface area contributed by atoms with E-state index in [4.69, 9.17) is 36.8 Å². The Morgan fingerprint density at radius 1 is 0.677 bits per heavy atom. The molecular weight excluding hydrogens is 454 g/mol. The summed E-state index contributed by atoms with van der Waals surface area (Å²) in [6.45, 7) is 0. The molecule has 4 nitrogen and oxygen atoms in total. The molecule has 7 heteroatoms. The summed E-state index contributed by atoms with van der Waals surface area (Å²) in [6.07, 6.45) is 6.22. The van der Waals surface area contributed by atoms with Crippen molar-refractivity contribution in [3.05, 3.63) is 88.4 Å². The fourth-order valence-electron chi connectivity index (χ4n) is 3.70. The van der Waals surface area contributed by atoms with Crippen LogP contribution in [-0.4, -0.2) is 0 Å². The van der Waals surface area contributed by atoms with Crippen LogP contribution >= 0.6 is 31.0 Å². The number of phosphoric ester groups is 1. The highest BCUT2D eigenvalue weighted by molar-refractivity contribution is 7.49. The highest BCUT2D eigenvalue weighted by atomic mass is 35.5. The third kappa shape index (κ3) is 5.77. The van der Waals surface area contributed by atoms with Crippen molar-refractivity contribution in [1.29, 1.82) is 0 Å². The monoisotopic (exact) mass is 476 g/mol. The Morgan fingerprint density at radius 3 is 1.71 bits per heavy atom. The van der Waals surface area contributed by atoms with E-state index in [1.54, 1.807) is 60.7 Å². The van der Waals surface area contributed by atoms with E-state index in [2.05, 4.69) is 0 Å². The van der Waals surface area contributed by atoms with E-state index in [-0.39, 0.29) is 11.5 Å².